The normalized spacial score (nSPS) is 28.1. The van der Waals surface area contributed by atoms with Gasteiger partial charge in [0.2, 0.25) is 11.8 Å². The van der Waals surface area contributed by atoms with Gasteiger partial charge in [-0.1, -0.05) is 12.1 Å². The van der Waals surface area contributed by atoms with E-state index in [-0.39, 0.29) is 69.2 Å². The van der Waals surface area contributed by atoms with Crippen LogP contribution in [0.2, 0.25) is 0 Å². The quantitative estimate of drug-likeness (QED) is 0.388. The molecule has 0 aromatic heterocycles. The second-order valence-electron chi connectivity index (χ2n) is 9.66. The number of piperidine rings is 1. The van der Waals surface area contributed by atoms with Crippen LogP contribution in [0.4, 0.5) is 22.4 Å². The van der Waals surface area contributed by atoms with Crippen LogP contribution in [0.15, 0.2) is 12.1 Å². The number of ether oxygens (including phenoxy) is 1. The van der Waals surface area contributed by atoms with Gasteiger partial charge in [0.25, 0.3) is 5.91 Å². The molecular weight excluding hydrogens is 502 g/mol. The lowest BCUT2D eigenvalue weighted by molar-refractivity contribution is -0.185. The molecule has 4 amide bonds. The molecule has 3 fully saturated rings. The van der Waals surface area contributed by atoms with E-state index in [9.17, 15) is 32.3 Å². The van der Waals surface area contributed by atoms with Crippen molar-refractivity contribution in [2.24, 2.45) is 0 Å². The number of carbonyl (C=O) groups excluding carboxylic acids is 4. The SMILES string of the molecule is O=C1CCC(N2Cc3ccc(CNC(=O)OC4CC(N5CNCC5C(F)(F)F)C4)c(F)c3C2=O)C(=O)N1. The van der Waals surface area contributed by atoms with E-state index in [1.54, 1.807) is 6.07 Å². The molecule has 2 unspecified atom stereocenters. The number of alkyl halides is 3. The Morgan fingerprint density at radius 2 is 1.95 bits per heavy atom. The zero-order valence-corrected chi connectivity index (χ0v) is 19.6. The van der Waals surface area contributed by atoms with E-state index < -0.39 is 54.0 Å². The second-order valence-corrected chi connectivity index (χ2v) is 9.66. The van der Waals surface area contributed by atoms with E-state index in [1.807, 2.05) is 0 Å². The first kappa shape index (κ1) is 25.4. The highest BCUT2D eigenvalue weighted by Crippen LogP contribution is 2.36. The Hall–Kier alpha value is -3.26. The summed E-state index contributed by atoms with van der Waals surface area (Å²) in [6.45, 7) is -0.305. The number of halogens is 4. The molecule has 1 aliphatic carbocycles. The van der Waals surface area contributed by atoms with Gasteiger partial charge < -0.3 is 20.3 Å². The minimum atomic E-state index is -4.34. The van der Waals surface area contributed by atoms with Crippen LogP contribution < -0.4 is 16.0 Å². The molecule has 4 aliphatic rings. The maximum atomic E-state index is 15.2. The Labute approximate surface area is 208 Å². The molecule has 37 heavy (non-hydrogen) atoms. The monoisotopic (exact) mass is 527 g/mol. The van der Waals surface area contributed by atoms with Crippen molar-refractivity contribution in [3.05, 3.63) is 34.6 Å². The number of hydrogen-bond donors (Lipinski definition) is 3. The molecule has 3 aliphatic heterocycles. The maximum Gasteiger partial charge on any atom is 0.407 e. The predicted molar refractivity (Wildman–Crippen MR) is 117 cm³/mol. The van der Waals surface area contributed by atoms with Crippen LogP contribution in [-0.2, 0) is 27.4 Å². The van der Waals surface area contributed by atoms with E-state index in [0.29, 0.717) is 5.56 Å². The van der Waals surface area contributed by atoms with E-state index in [1.165, 1.54) is 15.9 Å². The van der Waals surface area contributed by atoms with Crippen molar-refractivity contribution < 1.29 is 41.5 Å². The van der Waals surface area contributed by atoms with Crippen LogP contribution in [0.1, 0.15) is 47.2 Å². The minimum absolute atomic E-state index is 0.0255. The number of carbonyl (C=O) groups is 4. The molecule has 3 N–H and O–H groups in total. The molecule has 5 rings (SSSR count). The number of fused-ring (bicyclic) bond motifs is 1. The summed E-state index contributed by atoms with van der Waals surface area (Å²) >= 11 is 0. The van der Waals surface area contributed by atoms with Crippen molar-refractivity contribution >= 4 is 23.8 Å². The summed E-state index contributed by atoms with van der Waals surface area (Å²) in [5.41, 5.74) is 0.252. The highest BCUT2D eigenvalue weighted by atomic mass is 19.4. The number of imide groups is 1. The Kier molecular flexibility index (Phi) is 6.56. The molecule has 200 valence electrons. The largest absolute Gasteiger partial charge is 0.446 e. The third-order valence-corrected chi connectivity index (χ3v) is 7.36. The summed E-state index contributed by atoms with van der Waals surface area (Å²) < 4.78 is 59.8. The number of benzene rings is 1. The molecule has 10 nitrogen and oxygen atoms in total. The number of nitrogens with zero attached hydrogens (tertiary/aromatic N) is 2. The second kappa shape index (κ2) is 9.56. The van der Waals surface area contributed by atoms with Crippen molar-refractivity contribution in [2.45, 2.75) is 69.2 Å². The molecular formula is C23H25F4N5O5. The smallest absolute Gasteiger partial charge is 0.407 e. The third-order valence-electron chi connectivity index (χ3n) is 7.36. The first-order chi connectivity index (χ1) is 17.5. The molecule has 1 aromatic rings. The van der Waals surface area contributed by atoms with E-state index >= 15 is 4.39 Å². The number of amides is 4. The lowest BCUT2D eigenvalue weighted by Gasteiger charge is -2.42. The predicted octanol–water partition coefficient (Wildman–Crippen LogP) is 1.14. The average molecular weight is 527 g/mol. The molecule has 3 heterocycles. The van der Waals surface area contributed by atoms with Gasteiger partial charge in [-0.05, 0) is 12.0 Å². The zero-order chi connectivity index (χ0) is 26.5. The highest BCUT2D eigenvalue weighted by molar-refractivity contribution is 6.05. The van der Waals surface area contributed by atoms with Crippen LogP contribution in [0.25, 0.3) is 0 Å². The van der Waals surface area contributed by atoms with Crippen molar-refractivity contribution in [2.75, 3.05) is 13.2 Å². The standard InChI is InChI=1S/C23H25F4N5O5/c24-19-11(1-2-12-9-31(21(35)18(12)19)15-3-4-17(33)30-20(15)34)7-29-22(36)37-14-5-13(6-14)32-10-28-8-16(32)23(25,26)27/h1-2,13-16,28H,3-10H2,(H,29,36)(H,30,33,34). The average Bonchev–Trinajstić information content (AvgIpc) is 3.41. The topological polar surface area (TPSA) is 120 Å². The molecule has 2 atom stereocenters. The number of hydrogen-bond acceptors (Lipinski definition) is 7. The molecule has 1 saturated carbocycles. The Bertz CT molecular complexity index is 1140. The summed E-state index contributed by atoms with van der Waals surface area (Å²) in [7, 11) is 0. The highest BCUT2D eigenvalue weighted by Gasteiger charge is 2.51. The first-order valence-corrected chi connectivity index (χ1v) is 12.0. The van der Waals surface area contributed by atoms with Gasteiger partial charge in [-0.3, -0.25) is 24.6 Å². The van der Waals surface area contributed by atoms with Crippen LogP contribution >= 0.6 is 0 Å². The summed E-state index contributed by atoms with van der Waals surface area (Å²) in [6, 6.07) is 0.174. The third kappa shape index (κ3) is 4.87. The summed E-state index contributed by atoms with van der Waals surface area (Å²) in [4.78, 5) is 51.2. The lowest BCUT2D eigenvalue weighted by Crippen LogP contribution is -2.55. The fourth-order valence-corrected chi connectivity index (χ4v) is 5.30. The molecule has 0 spiro atoms. The minimum Gasteiger partial charge on any atom is -0.446 e. The van der Waals surface area contributed by atoms with Crippen molar-refractivity contribution in [1.82, 2.24) is 25.8 Å². The van der Waals surface area contributed by atoms with Gasteiger partial charge in [-0.25, -0.2) is 9.18 Å². The fraction of sp³-hybridized carbons (Fsp3) is 0.565. The summed E-state index contributed by atoms with van der Waals surface area (Å²) in [5.74, 6) is -2.51. The van der Waals surface area contributed by atoms with E-state index in [4.69, 9.17) is 4.74 Å². The molecule has 0 bridgehead atoms. The van der Waals surface area contributed by atoms with Crippen LogP contribution in [0, 0.1) is 5.82 Å². The van der Waals surface area contributed by atoms with Gasteiger partial charge in [0.05, 0.1) is 5.56 Å². The van der Waals surface area contributed by atoms with Crippen molar-refractivity contribution in [3.63, 3.8) is 0 Å². The van der Waals surface area contributed by atoms with Gasteiger partial charge in [0.1, 0.15) is 24.0 Å². The molecule has 14 heteroatoms. The van der Waals surface area contributed by atoms with Crippen LogP contribution in [0.3, 0.4) is 0 Å². The van der Waals surface area contributed by atoms with Crippen molar-refractivity contribution in [3.8, 4) is 0 Å². The van der Waals surface area contributed by atoms with Gasteiger partial charge >= 0.3 is 12.3 Å². The fourth-order valence-electron chi connectivity index (χ4n) is 5.30. The first-order valence-electron chi connectivity index (χ1n) is 12.0. The van der Waals surface area contributed by atoms with Gasteiger partial charge in [-0.2, -0.15) is 13.2 Å². The van der Waals surface area contributed by atoms with Crippen LogP contribution in [-0.4, -0.2) is 77.2 Å². The lowest BCUT2D eigenvalue weighted by atomic mass is 9.87. The van der Waals surface area contributed by atoms with E-state index in [0.717, 1.165) is 0 Å². The van der Waals surface area contributed by atoms with Gasteiger partial charge in [0.15, 0.2) is 0 Å². The van der Waals surface area contributed by atoms with Crippen LogP contribution in [0.5, 0.6) is 0 Å². The number of nitrogens with one attached hydrogen (secondary N) is 3. The zero-order valence-electron chi connectivity index (χ0n) is 19.6. The van der Waals surface area contributed by atoms with Gasteiger partial charge in [-0.15, -0.1) is 0 Å². The van der Waals surface area contributed by atoms with E-state index in [2.05, 4.69) is 16.0 Å². The molecule has 2 saturated heterocycles. The van der Waals surface area contributed by atoms with Gasteiger partial charge in [0, 0.05) is 57.2 Å². The number of alkyl carbamates (subject to hydrolysis) is 1. The van der Waals surface area contributed by atoms with Crippen molar-refractivity contribution in [1.29, 1.82) is 0 Å². The summed E-state index contributed by atoms with van der Waals surface area (Å²) in [5, 5.41) is 7.31. The summed E-state index contributed by atoms with van der Waals surface area (Å²) in [6.07, 6.45) is -4.97. The maximum absolute atomic E-state index is 15.2. The Morgan fingerprint density at radius 1 is 1.19 bits per heavy atom. The Balaban J connectivity index is 1.13. The molecule has 1 aromatic carbocycles. The molecule has 0 radical (unpaired) electrons. The number of rotatable bonds is 5. The Morgan fingerprint density at radius 3 is 2.65 bits per heavy atom.